The lowest BCUT2D eigenvalue weighted by molar-refractivity contribution is -0.0311. The molecule has 0 spiro atoms. The van der Waals surface area contributed by atoms with Gasteiger partial charge in [0.25, 0.3) is 0 Å². The maximum Gasteiger partial charge on any atom is 0.414 e. The molecule has 5 rings (SSSR count). The molecule has 4 heterocycles. The van der Waals surface area contributed by atoms with Crippen LogP contribution in [-0.4, -0.2) is 36.7 Å². The van der Waals surface area contributed by atoms with Gasteiger partial charge in [-0.25, -0.2) is 4.79 Å². The molecule has 0 unspecified atom stereocenters. The Kier molecular flexibility index (Phi) is 6.79. The first-order chi connectivity index (χ1) is 12.7. The van der Waals surface area contributed by atoms with Crippen LogP contribution in [0.3, 0.4) is 0 Å². The van der Waals surface area contributed by atoms with Crippen LogP contribution in [0, 0.1) is 5.92 Å². The van der Waals surface area contributed by atoms with E-state index in [0.29, 0.717) is 12.5 Å². The minimum absolute atomic E-state index is 0. The molecule has 6 heteroatoms. The number of carbonyl (C=O) groups is 1. The van der Waals surface area contributed by atoms with Gasteiger partial charge in [-0.3, -0.25) is 9.80 Å². The molecular weight excluding hydrogens is 380 g/mol. The van der Waals surface area contributed by atoms with Crippen molar-refractivity contribution in [1.29, 1.82) is 0 Å². The normalized spacial score (nSPS) is 23.5. The summed E-state index contributed by atoms with van der Waals surface area (Å²) >= 11 is 1.77. The molecule has 2 bridgehead atoms. The van der Waals surface area contributed by atoms with E-state index in [1.165, 1.54) is 9.75 Å². The second kappa shape index (κ2) is 9.09. The fraction of sp³-hybridized carbons (Fsp3) is 0.476. The Bertz CT molecular complexity index is 744. The number of fused-ring (bicyclic) bond motifs is 3. The van der Waals surface area contributed by atoms with Gasteiger partial charge in [0.1, 0.15) is 6.10 Å². The molecular formula is C21H27ClN2O2S. The Balaban J connectivity index is 0.00000210. The van der Waals surface area contributed by atoms with Gasteiger partial charge in [-0.05, 0) is 62.5 Å². The summed E-state index contributed by atoms with van der Waals surface area (Å²) in [5, 5.41) is 0. The lowest BCUT2D eigenvalue weighted by Crippen LogP contribution is -2.53. The lowest BCUT2D eigenvalue weighted by atomic mass is 9.86. The fourth-order valence-electron chi connectivity index (χ4n) is 3.96. The van der Waals surface area contributed by atoms with Crippen molar-refractivity contribution < 1.29 is 9.53 Å². The van der Waals surface area contributed by atoms with E-state index in [-0.39, 0.29) is 24.6 Å². The fourth-order valence-corrected chi connectivity index (χ4v) is 4.91. The van der Waals surface area contributed by atoms with Gasteiger partial charge in [-0.15, -0.1) is 23.7 Å². The monoisotopic (exact) mass is 406 g/mol. The van der Waals surface area contributed by atoms with Crippen LogP contribution in [0.25, 0.3) is 0 Å². The minimum Gasteiger partial charge on any atom is -0.444 e. The third-order valence-corrected chi connectivity index (χ3v) is 6.73. The molecule has 0 N–H and O–H groups in total. The highest BCUT2D eigenvalue weighted by atomic mass is 35.5. The number of carbonyl (C=O) groups excluding carboxylic acids is 1. The summed E-state index contributed by atoms with van der Waals surface area (Å²) in [4.78, 5) is 19.8. The number of hydrogen-bond acceptors (Lipinski definition) is 4. The summed E-state index contributed by atoms with van der Waals surface area (Å²) in [5.41, 5.74) is 0.894. The second-order valence-electron chi connectivity index (χ2n) is 7.20. The zero-order valence-electron chi connectivity index (χ0n) is 15.7. The first kappa shape index (κ1) is 20.2. The van der Waals surface area contributed by atoms with Gasteiger partial charge in [0, 0.05) is 22.0 Å². The van der Waals surface area contributed by atoms with Gasteiger partial charge in [-0.1, -0.05) is 25.1 Å². The van der Waals surface area contributed by atoms with Gasteiger partial charge in [0.2, 0.25) is 0 Å². The topological polar surface area (TPSA) is 32.8 Å². The number of thiophene rings is 1. The number of nitrogens with zero attached hydrogens (tertiary/aromatic N) is 2. The highest BCUT2D eigenvalue weighted by Crippen LogP contribution is 2.31. The molecule has 3 saturated heterocycles. The van der Waals surface area contributed by atoms with Gasteiger partial charge in [0.15, 0.2) is 0 Å². The van der Waals surface area contributed by atoms with Crippen LogP contribution in [0.15, 0.2) is 42.5 Å². The van der Waals surface area contributed by atoms with E-state index in [2.05, 4.69) is 24.0 Å². The van der Waals surface area contributed by atoms with Crippen LogP contribution in [-0.2, 0) is 17.7 Å². The lowest BCUT2D eigenvalue weighted by Gasteiger charge is -2.44. The molecule has 3 aliphatic rings. The summed E-state index contributed by atoms with van der Waals surface area (Å²) in [7, 11) is 0. The molecule has 27 heavy (non-hydrogen) atoms. The van der Waals surface area contributed by atoms with Crippen LogP contribution >= 0.6 is 23.7 Å². The first-order valence-corrected chi connectivity index (χ1v) is 10.4. The number of ether oxygens (including phenoxy) is 1. The Hall–Kier alpha value is -1.56. The number of amides is 1. The standard InChI is InChI=1S/C21H26N2O2S.ClH/c1-2-18-8-9-19(26-18)14-23(17-6-4-3-5-7-17)21(24)25-20-15-22-12-10-16(20)11-13-22;/h3-9,16,20H,2,10-15H2,1H3;1H/t20-;/m0./s1. The van der Waals surface area contributed by atoms with E-state index in [1.807, 2.05) is 30.3 Å². The Morgan fingerprint density at radius 2 is 1.85 bits per heavy atom. The van der Waals surface area contributed by atoms with Crippen LogP contribution in [0.5, 0.6) is 0 Å². The zero-order chi connectivity index (χ0) is 17.9. The third-order valence-electron chi connectivity index (χ3n) is 5.52. The third kappa shape index (κ3) is 4.65. The number of halogens is 1. The number of hydrogen-bond donors (Lipinski definition) is 0. The molecule has 0 aliphatic carbocycles. The quantitative estimate of drug-likeness (QED) is 0.702. The largest absolute Gasteiger partial charge is 0.444 e. The summed E-state index contributed by atoms with van der Waals surface area (Å²) in [6.45, 7) is 5.91. The summed E-state index contributed by atoms with van der Waals surface area (Å²) < 4.78 is 6.00. The van der Waals surface area contributed by atoms with Gasteiger partial charge in [0.05, 0.1) is 6.54 Å². The molecule has 1 aromatic heterocycles. The zero-order valence-corrected chi connectivity index (χ0v) is 17.3. The molecule has 3 fully saturated rings. The van der Waals surface area contributed by atoms with Crippen LogP contribution < -0.4 is 4.90 Å². The molecule has 146 valence electrons. The summed E-state index contributed by atoms with van der Waals surface area (Å²) in [6, 6.07) is 14.1. The maximum atomic E-state index is 13.1. The predicted molar refractivity (Wildman–Crippen MR) is 113 cm³/mol. The van der Waals surface area contributed by atoms with Crippen molar-refractivity contribution in [1.82, 2.24) is 4.90 Å². The van der Waals surface area contributed by atoms with E-state index in [9.17, 15) is 4.79 Å². The Morgan fingerprint density at radius 1 is 1.15 bits per heavy atom. The average molecular weight is 407 g/mol. The van der Waals surface area contributed by atoms with E-state index < -0.39 is 0 Å². The van der Waals surface area contributed by atoms with Crippen molar-refractivity contribution in [2.75, 3.05) is 24.5 Å². The molecule has 1 aromatic carbocycles. The number of aryl methyl sites for hydroxylation is 1. The van der Waals surface area contributed by atoms with Gasteiger partial charge >= 0.3 is 6.09 Å². The molecule has 0 saturated carbocycles. The smallest absolute Gasteiger partial charge is 0.414 e. The van der Waals surface area contributed by atoms with Crippen molar-refractivity contribution in [3.63, 3.8) is 0 Å². The van der Waals surface area contributed by atoms with Crippen LogP contribution in [0.1, 0.15) is 29.5 Å². The van der Waals surface area contributed by atoms with Gasteiger partial charge in [-0.2, -0.15) is 0 Å². The van der Waals surface area contributed by atoms with Crippen molar-refractivity contribution in [2.45, 2.75) is 38.8 Å². The number of para-hydroxylation sites is 1. The Labute approximate surface area is 171 Å². The first-order valence-electron chi connectivity index (χ1n) is 9.56. The molecule has 0 radical (unpaired) electrons. The molecule has 3 aliphatic heterocycles. The minimum atomic E-state index is -0.221. The van der Waals surface area contributed by atoms with Crippen molar-refractivity contribution >= 4 is 35.5 Å². The highest BCUT2D eigenvalue weighted by Gasteiger charge is 2.37. The van der Waals surface area contributed by atoms with Gasteiger partial charge < -0.3 is 4.74 Å². The number of piperidine rings is 3. The van der Waals surface area contributed by atoms with Crippen LogP contribution in [0.4, 0.5) is 10.5 Å². The van der Waals surface area contributed by atoms with E-state index >= 15 is 0 Å². The van der Waals surface area contributed by atoms with E-state index in [4.69, 9.17) is 4.74 Å². The molecule has 2 aromatic rings. The maximum absolute atomic E-state index is 13.1. The molecule has 1 amide bonds. The van der Waals surface area contributed by atoms with Crippen molar-refractivity contribution in [2.24, 2.45) is 5.92 Å². The summed E-state index contributed by atoms with van der Waals surface area (Å²) in [6.07, 6.45) is 3.13. The van der Waals surface area contributed by atoms with Crippen LogP contribution in [0.2, 0.25) is 0 Å². The average Bonchev–Trinajstić information content (AvgIpc) is 3.15. The Morgan fingerprint density at radius 3 is 2.44 bits per heavy atom. The van der Waals surface area contributed by atoms with E-state index in [1.54, 1.807) is 16.2 Å². The summed E-state index contributed by atoms with van der Waals surface area (Å²) in [5.74, 6) is 0.523. The second-order valence-corrected chi connectivity index (χ2v) is 8.46. The predicted octanol–water partition coefficient (Wildman–Crippen LogP) is 4.97. The SMILES string of the molecule is CCc1ccc(CN(C(=O)O[C@H]2CN3CCC2CC3)c2ccccc2)s1.Cl. The number of anilines is 1. The van der Waals surface area contributed by atoms with Crippen molar-refractivity contribution in [3.05, 3.63) is 52.2 Å². The highest BCUT2D eigenvalue weighted by molar-refractivity contribution is 7.12. The van der Waals surface area contributed by atoms with E-state index in [0.717, 1.165) is 44.6 Å². The molecule has 1 atom stereocenters. The number of rotatable bonds is 5. The number of benzene rings is 1. The molecule has 4 nitrogen and oxygen atoms in total. The van der Waals surface area contributed by atoms with Crippen molar-refractivity contribution in [3.8, 4) is 0 Å².